The van der Waals surface area contributed by atoms with Gasteiger partial charge in [-0.15, -0.1) is 0 Å². The quantitative estimate of drug-likeness (QED) is 0.907. The standard InChI is InChI=1S/C15H21ClN2OS/c1-2-18(10-12-5-3-4-6-14(12)16)15(19)9-13-11-20-8-7-17-13/h3-6,13,17H,2,7-11H2,1H3. The molecule has 110 valence electrons. The minimum Gasteiger partial charge on any atom is -0.339 e. The van der Waals surface area contributed by atoms with Crippen LogP contribution in [0.3, 0.4) is 0 Å². The first-order valence-electron chi connectivity index (χ1n) is 7.03. The molecule has 1 aliphatic rings. The van der Waals surface area contributed by atoms with Crippen molar-refractivity contribution >= 4 is 29.3 Å². The molecule has 0 radical (unpaired) electrons. The third-order valence-corrected chi connectivity index (χ3v) is 4.97. The molecule has 2 rings (SSSR count). The van der Waals surface area contributed by atoms with E-state index in [9.17, 15) is 4.79 Å². The molecule has 0 saturated carbocycles. The molecule has 1 fully saturated rings. The molecular formula is C15H21ClN2OS. The number of hydrogen-bond donors (Lipinski definition) is 1. The van der Waals surface area contributed by atoms with Crippen molar-refractivity contribution in [3.63, 3.8) is 0 Å². The molecule has 1 amide bonds. The van der Waals surface area contributed by atoms with Crippen molar-refractivity contribution in [3.8, 4) is 0 Å². The van der Waals surface area contributed by atoms with Gasteiger partial charge in [-0.1, -0.05) is 29.8 Å². The number of carbonyl (C=O) groups excluding carboxylic acids is 1. The van der Waals surface area contributed by atoms with E-state index in [0.29, 0.717) is 25.6 Å². The second-order valence-electron chi connectivity index (χ2n) is 4.93. The van der Waals surface area contributed by atoms with Gasteiger partial charge < -0.3 is 10.2 Å². The Morgan fingerprint density at radius 3 is 2.95 bits per heavy atom. The van der Waals surface area contributed by atoms with Crippen molar-refractivity contribution in [2.45, 2.75) is 25.9 Å². The van der Waals surface area contributed by atoms with Crippen LogP contribution in [0.25, 0.3) is 0 Å². The Hall–Kier alpha value is -0.710. The summed E-state index contributed by atoms with van der Waals surface area (Å²) in [4.78, 5) is 14.3. The van der Waals surface area contributed by atoms with E-state index in [1.807, 2.05) is 47.9 Å². The van der Waals surface area contributed by atoms with E-state index in [1.54, 1.807) is 0 Å². The van der Waals surface area contributed by atoms with Gasteiger partial charge in [0.15, 0.2) is 0 Å². The maximum absolute atomic E-state index is 12.4. The van der Waals surface area contributed by atoms with Gasteiger partial charge in [0.2, 0.25) is 5.91 Å². The summed E-state index contributed by atoms with van der Waals surface area (Å²) in [6.45, 7) is 4.32. The summed E-state index contributed by atoms with van der Waals surface area (Å²) in [7, 11) is 0. The molecule has 1 N–H and O–H groups in total. The van der Waals surface area contributed by atoms with E-state index in [1.165, 1.54) is 0 Å². The van der Waals surface area contributed by atoms with E-state index in [2.05, 4.69) is 5.32 Å². The van der Waals surface area contributed by atoms with Crippen LogP contribution in [0, 0.1) is 0 Å². The second kappa shape index (κ2) is 7.91. The van der Waals surface area contributed by atoms with Crippen LogP contribution < -0.4 is 5.32 Å². The average molecular weight is 313 g/mol. The van der Waals surface area contributed by atoms with Crippen molar-refractivity contribution in [2.75, 3.05) is 24.6 Å². The first-order valence-corrected chi connectivity index (χ1v) is 8.56. The zero-order valence-corrected chi connectivity index (χ0v) is 13.3. The molecule has 1 heterocycles. The minimum absolute atomic E-state index is 0.201. The van der Waals surface area contributed by atoms with Gasteiger partial charge in [-0.05, 0) is 18.6 Å². The lowest BCUT2D eigenvalue weighted by molar-refractivity contribution is -0.132. The molecule has 5 heteroatoms. The van der Waals surface area contributed by atoms with Gasteiger partial charge in [0.05, 0.1) is 0 Å². The maximum atomic E-state index is 12.4. The molecule has 1 aromatic carbocycles. The number of thioether (sulfide) groups is 1. The van der Waals surface area contributed by atoms with Crippen molar-refractivity contribution in [1.82, 2.24) is 10.2 Å². The summed E-state index contributed by atoms with van der Waals surface area (Å²) in [5.74, 6) is 2.37. The normalized spacial score (nSPS) is 18.8. The fourth-order valence-corrected chi connectivity index (χ4v) is 3.44. The molecular weight excluding hydrogens is 292 g/mol. The molecule has 1 atom stereocenters. The van der Waals surface area contributed by atoms with Crippen molar-refractivity contribution in [3.05, 3.63) is 34.9 Å². The average Bonchev–Trinajstić information content (AvgIpc) is 2.47. The first-order chi connectivity index (χ1) is 9.70. The van der Waals surface area contributed by atoms with Gasteiger partial charge in [-0.2, -0.15) is 11.8 Å². The molecule has 1 saturated heterocycles. The minimum atomic E-state index is 0.201. The molecule has 0 aromatic heterocycles. The molecule has 1 aromatic rings. The number of amides is 1. The number of halogens is 1. The summed E-state index contributed by atoms with van der Waals surface area (Å²) in [6, 6.07) is 8.02. The highest BCUT2D eigenvalue weighted by Crippen LogP contribution is 2.18. The highest BCUT2D eigenvalue weighted by atomic mass is 35.5. The van der Waals surface area contributed by atoms with Gasteiger partial charge in [-0.3, -0.25) is 4.79 Å². The number of rotatable bonds is 5. The third kappa shape index (κ3) is 4.40. The van der Waals surface area contributed by atoms with Gasteiger partial charge in [0, 0.05) is 48.6 Å². The molecule has 20 heavy (non-hydrogen) atoms. The predicted molar refractivity (Wildman–Crippen MR) is 86.3 cm³/mol. The van der Waals surface area contributed by atoms with Gasteiger partial charge in [-0.25, -0.2) is 0 Å². The van der Waals surface area contributed by atoms with Crippen LogP contribution in [-0.2, 0) is 11.3 Å². The van der Waals surface area contributed by atoms with Crippen molar-refractivity contribution in [1.29, 1.82) is 0 Å². The van der Waals surface area contributed by atoms with E-state index in [4.69, 9.17) is 11.6 Å². The Bertz CT molecular complexity index is 449. The number of hydrogen-bond acceptors (Lipinski definition) is 3. The lowest BCUT2D eigenvalue weighted by atomic mass is 10.1. The van der Waals surface area contributed by atoms with Crippen LogP contribution in [0.15, 0.2) is 24.3 Å². The Kier molecular flexibility index (Phi) is 6.20. The molecule has 0 spiro atoms. The Morgan fingerprint density at radius 1 is 1.50 bits per heavy atom. The monoisotopic (exact) mass is 312 g/mol. The van der Waals surface area contributed by atoms with E-state index in [-0.39, 0.29) is 5.91 Å². The predicted octanol–water partition coefficient (Wildman–Crippen LogP) is 2.78. The Morgan fingerprint density at radius 2 is 2.30 bits per heavy atom. The lowest BCUT2D eigenvalue weighted by Crippen LogP contribution is -2.42. The molecule has 1 unspecified atom stereocenters. The lowest BCUT2D eigenvalue weighted by Gasteiger charge is -2.27. The topological polar surface area (TPSA) is 32.3 Å². The Labute approximate surface area is 130 Å². The zero-order chi connectivity index (χ0) is 14.4. The van der Waals surface area contributed by atoms with Crippen LogP contribution in [0.2, 0.25) is 5.02 Å². The summed E-state index contributed by atoms with van der Waals surface area (Å²) in [6.07, 6.45) is 0.575. The number of carbonyl (C=O) groups is 1. The van der Waals surface area contributed by atoms with E-state index in [0.717, 1.165) is 28.6 Å². The van der Waals surface area contributed by atoms with Gasteiger partial charge in [0.25, 0.3) is 0 Å². The number of nitrogens with one attached hydrogen (secondary N) is 1. The smallest absolute Gasteiger partial charge is 0.224 e. The van der Waals surface area contributed by atoms with Crippen LogP contribution in [0.1, 0.15) is 18.9 Å². The molecule has 1 aliphatic heterocycles. The highest BCUT2D eigenvalue weighted by molar-refractivity contribution is 7.99. The summed E-state index contributed by atoms with van der Waals surface area (Å²) in [5, 5.41) is 4.14. The first kappa shape index (κ1) is 15.7. The zero-order valence-electron chi connectivity index (χ0n) is 11.8. The van der Waals surface area contributed by atoms with E-state index < -0.39 is 0 Å². The number of nitrogens with zero attached hydrogens (tertiary/aromatic N) is 1. The van der Waals surface area contributed by atoms with E-state index >= 15 is 0 Å². The van der Waals surface area contributed by atoms with Gasteiger partial charge in [0.1, 0.15) is 0 Å². The second-order valence-corrected chi connectivity index (χ2v) is 6.49. The fourth-order valence-electron chi connectivity index (χ4n) is 2.30. The van der Waals surface area contributed by atoms with Crippen molar-refractivity contribution in [2.24, 2.45) is 0 Å². The SMILES string of the molecule is CCN(Cc1ccccc1Cl)C(=O)CC1CSCCN1. The van der Waals surface area contributed by atoms with Crippen LogP contribution in [-0.4, -0.2) is 41.4 Å². The third-order valence-electron chi connectivity index (χ3n) is 3.47. The van der Waals surface area contributed by atoms with Crippen LogP contribution in [0.4, 0.5) is 0 Å². The molecule has 0 bridgehead atoms. The maximum Gasteiger partial charge on any atom is 0.224 e. The van der Waals surface area contributed by atoms with Crippen molar-refractivity contribution < 1.29 is 4.79 Å². The Balaban J connectivity index is 1.93. The molecule has 3 nitrogen and oxygen atoms in total. The van der Waals surface area contributed by atoms with Gasteiger partial charge >= 0.3 is 0 Å². The van der Waals surface area contributed by atoms with Crippen LogP contribution >= 0.6 is 23.4 Å². The summed E-state index contributed by atoms with van der Waals surface area (Å²) in [5.41, 5.74) is 1.01. The highest BCUT2D eigenvalue weighted by Gasteiger charge is 2.20. The fraction of sp³-hybridized carbons (Fsp3) is 0.533. The van der Waals surface area contributed by atoms with Crippen LogP contribution in [0.5, 0.6) is 0 Å². The number of benzene rings is 1. The molecule has 0 aliphatic carbocycles. The summed E-state index contributed by atoms with van der Waals surface area (Å²) < 4.78 is 0. The largest absolute Gasteiger partial charge is 0.339 e. The summed E-state index contributed by atoms with van der Waals surface area (Å²) >= 11 is 8.08.